The smallest absolute Gasteiger partial charge is 0.279 e. The predicted octanol–water partition coefficient (Wildman–Crippen LogP) is -0.0258. The largest absolute Gasteiger partial charge is 0.330 e. The van der Waals surface area contributed by atoms with Gasteiger partial charge in [0.1, 0.15) is 0 Å². The number of hydrogen-bond acceptors (Lipinski definition) is 4. The van der Waals surface area contributed by atoms with Crippen LogP contribution in [0.25, 0.3) is 0 Å². The summed E-state index contributed by atoms with van der Waals surface area (Å²) in [6.07, 6.45) is 2.04. The molecule has 1 unspecified atom stereocenters. The minimum Gasteiger partial charge on any atom is -0.330 e. The molecule has 1 atom stereocenters. The Labute approximate surface area is 117 Å². The first-order valence-corrected chi connectivity index (χ1v) is 8.56. The summed E-state index contributed by atoms with van der Waals surface area (Å²) in [6.45, 7) is 9.21. The second-order valence-electron chi connectivity index (χ2n) is 5.35. The first-order valence-electron chi connectivity index (χ1n) is 7.12. The molecule has 114 valence electrons. The van der Waals surface area contributed by atoms with Gasteiger partial charge >= 0.3 is 0 Å². The van der Waals surface area contributed by atoms with Gasteiger partial charge < -0.3 is 5.73 Å². The first kappa shape index (κ1) is 16.8. The third-order valence-electron chi connectivity index (χ3n) is 3.49. The summed E-state index contributed by atoms with van der Waals surface area (Å²) in [5.41, 5.74) is 5.62. The Bertz CT molecular complexity index is 351. The Morgan fingerprint density at radius 2 is 1.79 bits per heavy atom. The molecule has 1 aliphatic rings. The van der Waals surface area contributed by atoms with E-state index in [0.29, 0.717) is 25.7 Å². The Morgan fingerprint density at radius 1 is 1.21 bits per heavy atom. The highest BCUT2D eigenvalue weighted by atomic mass is 32.2. The molecule has 0 aromatic heterocycles. The van der Waals surface area contributed by atoms with Crippen molar-refractivity contribution in [2.75, 3.05) is 32.7 Å². The lowest BCUT2D eigenvalue weighted by atomic mass is 10.1. The minimum absolute atomic E-state index is 0.0661. The van der Waals surface area contributed by atoms with Crippen LogP contribution in [0.5, 0.6) is 0 Å². The monoisotopic (exact) mass is 292 g/mol. The third-order valence-corrected chi connectivity index (χ3v) is 5.30. The average molecular weight is 292 g/mol. The molecule has 0 amide bonds. The van der Waals surface area contributed by atoms with Gasteiger partial charge in [-0.15, -0.1) is 0 Å². The van der Waals surface area contributed by atoms with Crippen LogP contribution in [0.15, 0.2) is 0 Å². The highest BCUT2D eigenvalue weighted by molar-refractivity contribution is 7.87. The Morgan fingerprint density at radius 3 is 2.21 bits per heavy atom. The van der Waals surface area contributed by atoms with Crippen molar-refractivity contribution in [3.05, 3.63) is 0 Å². The normalized spacial score (nSPS) is 20.9. The first-order chi connectivity index (χ1) is 8.90. The molecule has 0 saturated carbocycles. The van der Waals surface area contributed by atoms with Gasteiger partial charge in [0.2, 0.25) is 0 Å². The third kappa shape index (κ3) is 5.00. The van der Waals surface area contributed by atoms with E-state index in [2.05, 4.69) is 16.5 Å². The van der Waals surface area contributed by atoms with Gasteiger partial charge in [-0.2, -0.15) is 17.4 Å². The van der Waals surface area contributed by atoms with Gasteiger partial charge in [0, 0.05) is 38.3 Å². The van der Waals surface area contributed by atoms with Crippen LogP contribution in [-0.4, -0.2) is 62.4 Å². The summed E-state index contributed by atoms with van der Waals surface area (Å²) in [4.78, 5) is 2.36. The maximum atomic E-state index is 12.0. The van der Waals surface area contributed by atoms with Crippen LogP contribution in [0.3, 0.4) is 0 Å². The van der Waals surface area contributed by atoms with Crippen LogP contribution in [0, 0.1) is 0 Å². The molecule has 0 aromatic rings. The van der Waals surface area contributed by atoms with E-state index in [1.165, 1.54) is 0 Å². The second-order valence-corrected chi connectivity index (χ2v) is 7.05. The van der Waals surface area contributed by atoms with Crippen LogP contribution in [0.4, 0.5) is 0 Å². The topological polar surface area (TPSA) is 78.7 Å². The van der Waals surface area contributed by atoms with E-state index >= 15 is 0 Å². The summed E-state index contributed by atoms with van der Waals surface area (Å²) < 4.78 is 28.3. The van der Waals surface area contributed by atoms with Crippen LogP contribution >= 0.6 is 0 Å². The lowest BCUT2D eigenvalue weighted by Gasteiger charge is -2.38. The van der Waals surface area contributed by atoms with Crippen LogP contribution in [0.1, 0.15) is 33.6 Å². The summed E-state index contributed by atoms with van der Waals surface area (Å²) in [6, 6.07) is 0.413. The average Bonchev–Trinajstić information content (AvgIpc) is 2.34. The van der Waals surface area contributed by atoms with Crippen molar-refractivity contribution in [3.8, 4) is 0 Å². The standard InChI is InChI=1S/C12H28N4O2S/c1-4-12(5-6-13)15-7-9-16(10-8-15)19(17,18)14-11(2)3/h11-12,14H,4-10,13H2,1-3H3. The number of nitrogens with zero attached hydrogens (tertiary/aromatic N) is 2. The number of piperazine rings is 1. The molecule has 0 aliphatic carbocycles. The fraction of sp³-hybridized carbons (Fsp3) is 1.00. The zero-order valence-electron chi connectivity index (χ0n) is 12.3. The molecular formula is C12H28N4O2S. The second kappa shape index (κ2) is 7.54. The summed E-state index contributed by atoms with van der Waals surface area (Å²) in [5, 5.41) is 0. The number of nitrogens with two attached hydrogens (primary N) is 1. The number of hydrogen-bond donors (Lipinski definition) is 2. The molecule has 0 bridgehead atoms. The molecule has 0 spiro atoms. The fourth-order valence-corrected chi connectivity index (χ4v) is 3.91. The molecule has 0 aromatic carbocycles. The van der Waals surface area contributed by atoms with Gasteiger partial charge in [0.05, 0.1) is 0 Å². The quantitative estimate of drug-likeness (QED) is 0.691. The highest BCUT2D eigenvalue weighted by Crippen LogP contribution is 2.13. The molecular weight excluding hydrogens is 264 g/mol. The van der Waals surface area contributed by atoms with E-state index in [0.717, 1.165) is 25.9 Å². The molecule has 1 saturated heterocycles. The lowest BCUT2D eigenvalue weighted by Crippen LogP contribution is -2.55. The Kier molecular flexibility index (Phi) is 6.68. The molecule has 0 radical (unpaired) electrons. The Balaban J connectivity index is 2.52. The van der Waals surface area contributed by atoms with E-state index in [-0.39, 0.29) is 6.04 Å². The number of rotatable bonds is 7. The molecule has 1 fully saturated rings. The van der Waals surface area contributed by atoms with Crippen molar-refractivity contribution < 1.29 is 8.42 Å². The highest BCUT2D eigenvalue weighted by Gasteiger charge is 2.29. The Hall–Kier alpha value is -0.210. The predicted molar refractivity (Wildman–Crippen MR) is 78.1 cm³/mol. The molecule has 1 rings (SSSR count). The van der Waals surface area contributed by atoms with E-state index < -0.39 is 10.2 Å². The maximum absolute atomic E-state index is 12.0. The lowest BCUT2D eigenvalue weighted by molar-refractivity contribution is 0.128. The van der Waals surface area contributed by atoms with Gasteiger partial charge in [-0.25, -0.2) is 0 Å². The molecule has 19 heavy (non-hydrogen) atoms. The van der Waals surface area contributed by atoms with Crippen LogP contribution in [-0.2, 0) is 10.2 Å². The van der Waals surface area contributed by atoms with Gasteiger partial charge in [-0.1, -0.05) is 6.92 Å². The zero-order valence-corrected chi connectivity index (χ0v) is 13.1. The van der Waals surface area contributed by atoms with E-state index in [9.17, 15) is 8.42 Å². The van der Waals surface area contributed by atoms with Gasteiger partial charge in [0.15, 0.2) is 0 Å². The number of nitrogens with one attached hydrogen (secondary N) is 1. The molecule has 6 nitrogen and oxygen atoms in total. The van der Waals surface area contributed by atoms with E-state index in [1.807, 2.05) is 13.8 Å². The summed E-state index contributed by atoms with van der Waals surface area (Å²) >= 11 is 0. The molecule has 3 N–H and O–H groups in total. The molecule has 1 heterocycles. The van der Waals surface area contributed by atoms with Gasteiger partial charge in [-0.3, -0.25) is 4.90 Å². The fourth-order valence-electron chi connectivity index (χ4n) is 2.52. The SMILES string of the molecule is CCC(CCN)N1CCN(S(=O)(=O)NC(C)C)CC1. The maximum Gasteiger partial charge on any atom is 0.279 e. The van der Waals surface area contributed by atoms with Crippen molar-refractivity contribution in [3.63, 3.8) is 0 Å². The van der Waals surface area contributed by atoms with Crippen molar-refractivity contribution >= 4 is 10.2 Å². The van der Waals surface area contributed by atoms with E-state index in [4.69, 9.17) is 5.73 Å². The molecule has 1 aliphatic heterocycles. The van der Waals surface area contributed by atoms with Crippen molar-refractivity contribution in [1.82, 2.24) is 13.9 Å². The van der Waals surface area contributed by atoms with Crippen LogP contribution in [0.2, 0.25) is 0 Å². The van der Waals surface area contributed by atoms with E-state index in [1.54, 1.807) is 4.31 Å². The minimum atomic E-state index is -3.32. The summed E-state index contributed by atoms with van der Waals surface area (Å²) in [7, 11) is -3.32. The zero-order chi connectivity index (χ0) is 14.5. The van der Waals surface area contributed by atoms with Crippen LogP contribution < -0.4 is 10.5 Å². The summed E-state index contributed by atoms with van der Waals surface area (Å²) in [5.74, 6) is 0. The van der Waals surface area contributed by atoms with Crippen molar-refractivity contribution in [2.45, 2.75) is 45.7 Å². The van der Waals surface area contributed by atoms with Gasteiger partial charge in [-0.05, 0) is 33.2 Å². The molecule has 7 heteroatoms. The van der Waals surface area contributed by atoms with Gasteiger partial charge in [0.25, 0.3) is 10.2 Å². The van der Waals surface area contributed by atoms with Crippen molar-refractivity contribution in [2.24, 2.45) is 5.73 Å². The van der Waals surface area contributed by atoms with Crippen molar-refractivity contribution in [1.29, 1.82) is 0 Å².